The van der Waals surface area contributed by atoms with Gasteiger partial charge in [-0.05, 0) is 12.1 Å². The predicted octanol–water partition coefficient (Wildman–Crippen LogP) is 1.24. The second-order valence-electron chi connectivity index (χ2n) is 3.46. The van der Waals surface area contributed by atoms with Crippen LogP contribution < -0.4 is 5.73 Å². The van der Waals surface area contributed by atoms with Gasteiger partial charge in [0.2, 0.25) is 5.82 Å². The summed E-state index contributed by atoms with van der Waals surface area (Å²) in [5.74, 6) is 0.177. The molecule has 0 amide bonds. The lowest BCUT2D eigenvalue weighted by Crippen LogP contribution is -1.94. The molecule has 0 radical (unpaired) electrons. The highest BCUT2D eigenvalue weighted by molar-refractivity contribution is 5.71. The second-order valence-corrected chi connectivity index (χ2v) is 3.46. The highest BCUT2D eigenvalue weighted by Gasteiger charge is 2.16. The molecule has 0 aliphatic rings. The molecule has 3 rings (SSSR count). The Morgan fingerprint density at radius 3 is 3.00 bits per heavy atom. The van der Waals surface area contributed by atoms with Gasteiger partial charge in [-0.25, -0.2) is 9.37 Å². The molecular formula is C10H7FN6O. The third-order valence-corrected chi connectivity index (χ3v) is 2.34. The van der Waals surface area contributed by atoms with Crippen LogP contribution in [0.4, 0.5) is 10.1 Å². The van der Waals surface area contributed by atoms with Crippen LogP contribution in [0.2, 0.25) is 0 Å². The molecule has 90 valence electrons. The second kappa shape index (κ2) is 3.91. The van der Waals surface area contributed by atoms with Crippen molar-refractivity contribution in [2.24, 2.45) is 0 Å². The lowest BCUT2D eigenvalue weighted by molar-refractivity contribution is 0.432. The summed E-state index contributed by atoms with van der Waals surface area (Å²) in [4.78, 5) is 7.94. The standard InChI is InChI=1S/C10H7FN6O/c11-6-3-1-2-5(7(6)12)10-15-9(17-18-10)8-13-4-14-16-8/h1-4H,12H2,(H,13,14,16). The number of anilines is 1. The van der Waals surface area contributed by atoms with Crippen LogP contribution in [0.5, 0.6) is 0 Å². The zero-order valence-corrected chi connectivity index (χ0v) is 8.96. The predicted molar refractivity (Wildman–Crippen MR) is 59.5 cm³/mol. The smallest absolute Gasteiger partial charge is 0.260 e. The number of nitrogens with one attached hydrogen (secondary N) is 1. The molecule has 7 nitrogen and oxygen atoms in total. The van der Waals surface area contributed by atoms with Crippen LogP contribution in [0, 0.1) is 5.82 Å². The number of rotatable bonds is 2. The van der Waals surface area contributed by atoms with E-state index in [4.69, 9.17) is 10.3 Å². The van der Waals surface area contributed by atoms with Crippen molar-refractivity contribution in [3.63, 3.8) is 0 Å². The fourth-order valence-corrected chi connectivity index (χ4v) is 1.47. The molecule has 2 heterocycles. The van der Waals surface area contributed by atoms with E-state index < -0.39 is 5.82 Å². The van der Waals surface area contributed by atoms with Crippen molar-refractivity contribution in [2.45, 2.75) is 0 Å². The van der Waals surface area contributed by atoms with Gasteiger partial charge in [0.05, 0.1) is 11.3 Å². The van der Waals surface area contributed by atoms with Gasteiger partial charge >= 0.3 is 0 Å². The summed E-state index contributed by atoms with van der Waals surface area (Å²) < 4.78 is 18.3. The molecule has 0 unspecified atom stereocenters. The number of H-pyrrole nitrogens is 1. The summed E-state index contributed by atoms with van der Waals surface area (Å²) >= 11 is 0. The van der Waals surface area contributed by atoms with Crippen molar-refractivity contribution in [1.29, 1.82) is 0 Å². The molecule has 18 heavy (non-hydrogen) atoms. The highest BCUT2D eigenvalue weighted by Crippen LogP contribution is 2.27. The van der Waals surface area contributed by atoms with E-state index in [1.165, 1.54) is 18.5 Å². The van der Waals surface area contributed by atoms with Crippen molar-refractivity contribution < 1.29 is 8.91 Å². The zero-order chi connectivity index (χ0) is 12.5. The molecule has 2 aromatic heterocycles. The number of hydrogen-bond donors (Lipinski definition) is 2. The van der Waals surface area contributed by atoms with Crippen LogP contribution in [0.1, 0.15) is 0 Å². The minimum atomic E-state index is -0.535. The largest absolute Gasteiger partial charge is 0.396 e. The van der Waals surface area contributed by atoms with E-state index in [1.54, 1.807) is 6.07 Å². The summed E-state index contributed by atoms with van der Waals surface area (Å²) in [6.07, 6.45) is 1.32. The number of nitrogens with zero attached hydrogens (tertiary/aromatic N) is 4. The number of para-hydroxylation sites is 1. The van der Waals surface area contributed by atoms with Crippen LogP contribution >= 0.6 is 0 Å². The first kappa shape index (κ1) is 10.4. The number of halogens is 1. The number of nitrogen functional groups attached to an aromatic ring is 1. The highest BCUT2D eigenvalue weighted by atomic mass is 19.1. The molecule has 0 aliphatic heterocycles. The first-order chi connectivity index (χ1) is 8.75. The molecule has 0 atom stereocenters. The van der Waals surface area contributed by atoms with E-state index in [1.807, 2.05) is 0 Å². The number of nitrogens with two attached hydrogens (primary N) is 1. The van der Waals surface area contributed by atoms with E-state index in [2.05, 4.69) is 25.3 Å². The van der Waals surface area contributed by atoms with Gasteiger partial charge in [-0.2, -0.15) is 10.1 Å². The first-order valence-electron chi connectivity index (χ1n) is 4.99. The quantitative estimate of drug-likeness (QED) is 0.659. The summed E-state index contributed by atoms with van der Waals surface area (Å²) in [5.41, 5.74) is 5.91. The van der Waals surface area contributed by atoms with Gasteiger partial charge in [-0.15, -0.1) is 0 Å². The Morgan fingerprint density at radius 2 is 2.22 bits per heavy atom. The third kappa shape index (κ3) is 1.59. The SMILES string of the molecule is Nc1c(F)cccc1-c1nc(-c2ncn[nH]2)no1. The van der Waals surface area contributed by atoms with Crippen molar-refractivity contribution in [3.05, 3.63) is 30.3 Å². The molecular weight excluding hydrogens is 239 g/mol. The Hall–Kier alpha value is -2.77. The number of aromatic amines is 1. The minimum absolute atomic E-state index is 0.0368. The fraction of sp³-hybridized carbons (Fsp3) is 0. The van der Waals surface area contributed by atoms with Crippen molar-refractivity contribution in [1.82, 2.24) is 25.3 Å². The molecule has 3 N–H and O–H groups in total. The number of hydrogen-bond acceptors (Lipinski definition) is 6. The van der Waals surface area contributed by atoms with E-state index in [0.717, 1.165) is 0 Å². The molecule has 0 saturated heterocycles. The van der Waals surface area contributed by atoms with Gasteiger partial charge in [0.15, 0.2) is 5.82 Å². The number of benzene rings is 1. The minimum Gasteiger partial charge on any atom is -0.396 e. The third-order valence-electron chi connectivity index (χ3n) is 2.34. The molecule has 0 aliphatic carbocycles. The van der Waals surface area contributed by atoms with Crippen molar-refractivity contribution >= 4 is 5.69 Å². The van der Waals surface area contributed by atoms with E-state index in [0.29, 0.717) is 11.4 Å². The normalized spacial score (nSPS) is 10.7. The Balaban J connectivity index is 2.06. The van der Waals surface area contributed by atoms with Gasteiger partial charge < -0.3 is 10.3 Å². The Morgan fingerprint density at radius 1 is 1.33 bits per heavy atom. The summed E-state index contributed by atoms with van der Waals surface area (Å²) in [6.45, 7) is 0. The molecule has 0 fully saturated rings. The van der Waals surface area contributed by atoms with Crippen LogP contribution in [-0.2, 0) is 0 Å². The maximum absolute atomic E-state index is 13.3. The van der Waals surface area contributed by atoms with Gasteiger partial charge in [-0.3, -0.25) is 5.10 Å². The molecule has 3 aromatic rings. The number of aromatic nitrogens is 5. The molecule has 0 bridgehead atoms. The first-order valence-corrected chi connectivity index (χ1v) is 4.99. The zero-order valence-electron chi connectivity index (χ0n) is 8.96. The van der Waals surface area contributed by atoms with Crippen LogP contribution in [0.15, 0.2) is 29.0 Å². The van der Waals surface area contributed by atoms with Gasteiger partial charge in [0.25, 0.3) is 5.89 Å². The lowest BCUT2D eigenvalue weighted by Gasteiger charge is -2.00. The average molecular weight is 246 g/mol. The fourth-order valence-electron chi connectivity index (χ4n) is 1.47. The van der Waals surface area contributed by atoms with Crippen LogP contribution in [0.25, 0.3) is 23.1 Å². The summed E-state index contributed by atoms with van der Waals surface area (Å²) in [7, 11) is 0. The van der Waals surface area contributed by atoms with Gasteiger partial charge in [-0.1, -0.05) is 11.2 Å². The summed E-state index contributed by atoms with van der Waals surface area (Å²) in [6, 6.07) is 4.36. The molecule has 0 saturated carbocycles. The molecule has 1 aromatic carbocycles. The molecule has 8 heteroatoms. The van der Waals surface area contributed by atoms with Gasteiger partial charge in [0.1, 0.15) is 12.1 Å². The maximum Gasteiger partial charge on any atom is 0.260 e. The summed E-state index contributed by atoms with van der Waals surface area (Å²) in [5, 5.41) is 9.97. The monoisotopic (exact) mass is 246 g/mol. The van der Waals surface area contributed by atoms with E-state index >= 15 is 0 Å². The van der Waals surface area contributed by atoms with Gasteiger partial charge in [0, 0.05) is 0 Å². The Bertz CT molecular complexity index is 678. The Labute approximate surface area is 99.9 Å². The Kier molecular flexibility index (Phi) is 2.26. The van der Waals surface area contributed by atoms with E-state index in [-0.39, 0.29) is 17.4 Å². The molecule has 0 spiro atoms. The average Bonchev–Trinajstić information content (AvgIpc) is 3.01. The maximum atomic E-state index is 13.3. The van der Waals surface area contributed by atoms with Crippen LogP contribution in [-0.4, -0.2) is 25.3 Å². The topological polar surface area (TPSA) is 107 Å². The van der Waals surface area contributed by atoms with Crippen LogP contribution in [0.3, 0.4) is 0 Å². The van der Waals surface area contributed by atoms with E-state index in [9.17, 15) is 4.39 Å². The van der Waals surface area contributed by atoms with Crippen molar-refractivity contribution in [3.8, 4) is 23.1 Å². The lowest BCUT2D eigenvalue weighted by atomic mass is 10.2. The van der Waals surface area contributed by atoms with Crippen molar-refractivity contribution in [2.75, 3.05) is 5.73 Å².